The highest BCUT2D eigenvalue weighted by Crippen LogP contribution is 2.41. The Labute approximate surface area is 125 Å². The lowest BCUT2D eigenvalue weighted by Crippen LogP contribution is -2.40. The molecule has 0 radical (unpaired) electrons. The average molecular weight is 279 g/mol. The fourth-order valence-corrected chi connectivity index (χ4v) is 4.72. The summed E-state index contributed by atoms with van der Waals surface area (Å²) in [6, 6.07) is 0.682. The Balaban J connectivity index is 1.40. The third kappa shape index (κ3) is 3.57. The molecule has 0 bridgehead atoms. The van der Waals surface area contributed by atoms with E-state index in [0.29, 0.717) is 17.7 Å². The van der Waals surface area contributed by atoms with Crippen molar-refractivity contribution in [1.82, 2.24) is 5.32 Å². The van der Waals surface area contributed by atoms with E-state index in [-0.39, 0.29) is 0 Å². The van der Waals surface area contributed by atoms with E-state index >= 15 is 0 Å². The van der Waals surface area contributed by atoms with Crippen LogP contribution in [0.25, 0.3) is 0 Å². The summed E-state index contributed by atoms with van der Waals surface area (Å²) in [6.07, 6.45) is 17.1. The van der Waals surface area contributed by atoms with Gasteiger partial charge in [-0.05, 0) is 51.4 Å². The Bertz CT molecular complexity index is 292. The molecule has 0 aromatic carbocycles. The lowest BCUT2D eigenvalue weighted by molar-refractivity contribution is -0.0632. The molecular formula is C18H33NO. The first-order valence-corrected chi connectivity index (χ1v) is 9.19. The second-order valence-electron chi connectivity index (χ2n) is 7.62. The predicted octanol–water partition coefficient (Wildman–Crippen LogP) is 4.43. The lowest BCUT2D eigenvalue weighted by Gasteiger charge is -2.34. The molecular weight excluding hydrogens is 246 g/mol. The zero-order valence-corrected chi connectivity index (χ0v) is 13.3. The minimum absolute atomic E-state index is 0.290. The number of hydrogen-bond acceptors (Lipinski definition) is 2. The van der Waals surface area contributed by atoms with Gasteiger partial charge < -0.3 is 10.1 Å². The molecule has 1 unspecified atom stereocenters. The van der Waals surface area contributed by atoms with Crippen LogP contribution in [0.5, 0.6) is 0 Å². The van der Waals surface area contributed by atoms with Crippen LogP contribution >= 0.6 is 0 Å². The van der Waals surface area contributed by atoms with Gasteiger partial charge in [0.1, 0.15) is 0 Å². The van der Waals surface area contributed by atoms with Gasteiger partial charge in [-0.3, -0.25) is 0 Å². The van der Waals surface area contributed by atoms with E-state index in [4.69, 9.17) is 4.74 Å². The Morgan fingerprint density at radius 3 is 2.40 bits per heavy atom. The van der Waals surface area contributed by atoms with E-state index in [0.717, 1.165) is 12.5 Å². The largest absolute Gasteiger partial charge is 0.370 e. The molecule has 2 heteroatoms. The van der Waals surface area contributed by atoms with Crippen molar-refractivity contribution in [1.29, 1.82) is 0 Å². The highest BCUT2D eigenvalue weighted by Gasteiger charge is 2.40. The summed E-state index contributed by atoms with van der Waals surface area (Å²) in [5, 5.41) is 3.79. The molecule has 1 heterocycles. The standard InChI is InChI=1S/C18H33NO/c1-15(16-8-4-2-5-9-16)19-14-17-10-13-18(20-17)11-6-3-7-12-18/h15-17,19H,2-14H2,1H3/t15-,17?/m1/s1. The normalized spacial score (nSPS) is 32.5. The third-order valence-corrected chi connectivity index (χ3v) is 6.13. The van der Waals surface area contributed by atoms with Gasteiger partial charge in [0.2, 0.25) is 0 Å². The number of nitrogens with one attached hydrogen (secondary N) is 1. The molecule has 2 saturated carbocycles. The van der Waals surface area contributed by atoms with Crippen molar-refractivity contribution in [2.75, 3.05) is 6.54 Å². The molecule has 1 N–H and O–H groups in total. The highest BCUT2D eigenvalue weighted by atomic mass is 16.5. The molecule has 2 atom stereocenters. The van der Waals surface area contributed by atoms with Crippen molar-refractivity contribution in [2.45, 2.75) is 102 Å². The third-order valence-electron chi connectivity index (χ3n) is 6.13. The van der Waals surface area contributed by atoms with Crippen molar-refractivity contribution in [3.63, 3.8) is 0 Å². The molecule has 2 aliphatic carbocycles. The summed E-state index contributed by atoms with van der Waals surface area (Å²) in [5.41, 5.74) is 0.290. The van der Waals surface area contributed by atoms with Crippen LogP contribution in [0.3, 0.4) is 0 Å². The first kappa shape index (κ1) is 14.8. The number of rotatable bonds is 4. The zero-order valence-electron chi connectivity index (χ0n) is 13.3. The first-order chi connectivity index (χ1) is 9.77. The van der Waals surface area contributed by atoms with Crippen LogP contribution in [-0.2, 0) is 4.74 Å². The fourth-order valence-electron chi connectivity index (χ4n) is 4.72. The molecule has 1 aliphatic heterocycles. The van der Waals surface area contributed by atoms with E-state index in [1.807, 2.05) is 0 Å². The summed E-state index contributed by atoms with van der Waals surface area (Å²) >= 11 is 0. The van der Waals surface area contributed by atoms with Crippen LogP contribution in [-0.4, -0.2) is 24.3 Å². The zero-order chi connectivity index (χ0) is 13.8. The van der Waals surface area contributed by atoms with Gasteiger partial charge in [0, 0.05) is 12.6 Å². The predicted molar refractivity (Wildman–Crippen MR) is 84.0 cm³/mol. The quantitative estimate of drug-likeness (QED) is 0.822. The Morgan fingerprint density at radius 1 is 0.950 bits per heavy atom. The molecule has 1 saturated heterocycles. The maximum absolute atomic E-state index is 6.47. The molecule has 20 heavy (non-hydrogen) atoms. The molecule has 0 amide bonds. The lowest BCUT2D eigenvalue weighted by atomic mass is 9.83. The summed E-state index contributed by atoms with van der Waals surface area (Å²) in [7, 11) is 0. The first-order valence-electron chi connectivity index (χ1n) is 9.19. The monoisotopic (exact) mass is 279 g/mol. The maximum atomic E-state index is 6.47. The second-order valence-corrected chi connectivity index (χ2v) is 7.62. The van der Waals surface area contributed by atoms with Crippen molar-refractivity contribution >= 4 is 0 Å². The summed E-state index contributed by atoms with van der Waals surface area (Å²) in [5.74, 6) is 0.911. The van der Waals surface area contributed by atoms with E-state index in [1.54, 1.807) is 0 Å². The SMILES string of the molecule is C[C@@H](NCC1CCC2(CCCCC2)O1)C1CCCCC1. The molecule has 1 spiro atoms. The van der Waals surface area contributed by atoms with Crippen molar-refractivity contribution < 1.29 is 4.74 Å². The van der Waals surface area contributed by atoms with Gasteiger partial charge in [-0.2, -0.15) is 0 Å². The van der Waals surface area contributed by atoms with Crippen molar-refractivity contribution in [3.05, 3.63) is 0 Å². The fraction of sp³-hybridized carbons (Fsp3) is 1.00. The van der Waals surface area contributed by atoms with E-state index in [1.165, 1.54) is 77.0 Å². The molecule has 3 aliphatic rings. The second kappa shape index (κ2) is 6.79. The van der Waals surface area contributed by atoms with Crippen molar-refractivity contribution in [2.24, 2.45) is 5.92 Å². The van der Waals surface area contributed by atoms with Crippen LogP contribution < -0.4 is 5.32 Å². The van der Waals surface area contributed by atoms with E-state index < -0.39 is 0 Å². The van der Waals surface area contributed by atoms with Gasteiger partial charge in [0.15, 0.2) is 0 Å². The molecule has 3 rings (SSSR count). The number of ether oxygens (including phenoxy) is 1. The molecule has 116 valence electrons. The van der Waals surface area contributed by atoms with Gasteiger partial charge in [-0.15, -0.1) is 0 Å². The Morgan fingerprint density at radius 2 is 1.65 bits per heavy atom. The van der Waals surface area contributed by atoms with Crippen molar-refractivity contribution in [3.8, 4) is 0 Å². The highest BCUT2D eigenvalue weighted by molar-refractivity contribution is 4.92. The minimum Gasteiger partial charge on any atom is -0.370 e. The maximum Gasteiger partial charge on any atom is 0.0708 e. The number of hydrogen-bond donors (Lipinski definition) is 1. The van der Waals surface area contributed by atoms with Gasteiger partial charge in [-0.25, -0.2) is 0 Å². The van der Waals surface area contributed by atoms with Crippen LogP contribution in [0.2, 0.25) is 0 Å². The van der Waals surface area contributed by atoms with E-state index in [2.05, 4.69) is 12.2 Å². The topological polar surface area (TPSA) is 21.3 Å². The summed E-state index contributed by atoms with van der Waals surface area (Å²) < 4.78 is 6.47. The Hall–Kier alpha value is -0.0800. The smallest absolute Gasteiger partial charge is 0.0708 e. The van der Waals surface area contributed by atoms with Gasteiger partial charge in [0.05, 0.1) is 11.7 Å². The van der Waals surface area contributed by atoms with Crippen LogP contribution in [0.1, 0.15) is 84.0 Å². The molecule has 2 nitrogen and oxygen atoms in total. The summed E-state index contributed by atoms with van der Waals surface area (Å²) in [6.45, 7) is 3.47. The van der Waals surface area contributed by atoms with Crippen LogP contribution in [0, 0.1) is 5.92 Å². The molecule has 0 aromatic heterocycles. The van der Waals surface area contributed by atoms with E-state index in [9.17, 15) is 0 Å². The van der Waals surface area contributed by atoms with Gasteiger partial charge in [0.25, 0.3) is 0 Å². The van der Waals surface area contributed by atoms with Crippen LogP contribution in [0.15, 0.2) is 0 Å². The average Bonchev–Trinajstić information content (AvgIpc) is 2.89. The molecule has 0 aromatic rings. The minimum atomic E-state index is 0.290. The molecule has 3 fully saturated rings. The Kier molecular flexibility index (Phi) is 5.04. The summed E-state index contributed by atoms with van der Waals surface area (Å²) in [4.78, 5) is 0. The van der Waals surface area contributed by atoms with Crippen LogP contribution in [0.4, 0.5) is 0 Å². The van der Waals surface area contributed by atoms with Gasteiger partial charge >= 0.3 is 0 Å². The van der Waals surface area contributed by atoms with Gasteiger partial charge in [-0.1, -0.05) is 38.5 Å².